The van der Waals surface area contributed by atoms with Crippen LogP contribution in [0.3, 0.4) is 0 Å². The number of rotatable bonds is 3. The number of carbonyl (C=O) groups excluding carboxylic acids is 1. The van der Waals surface area contributed by atoms with Gasteiger partial charge >= 0.3 is 5.97 Å². The van der Waals surface area contributed by atoms with Crippen molar-refractivity contribution in [3.05, 3.63) is 47.2 Å². The molecule has 0 saturated carbocycles. The summed E-state index contributed by atoms with van der Waals surface area (Å²) in [5.74, 6) is 0.832. The number of piperidine rings is 1. The minimum absolute atomic E-state index is 0.178. The Morgan fingerprint density at radius 2 is 2.13 bits per heavy atom. The number of anilines is 1. The molecule has 1 fully saturated rings. The minimum atomic E-state index is -0.212. The minimum Gasteiger partial charge on any atom is -0.426 e. The number of esters is 1. The molecule has 0 aliphatic carbocycles. The summed E-state index contributed by atoms with van der Waals surface area (Å²) in [5, 5.41) is 0.632. The number of carbonyl (C=O) groups is 1. The van der Waals surface area contributed by atoms with Crippen LogP contribution in [0.5, 0.6) is 5.75 Å². The normalized spacial score (nSPS) is 17.8. The molecule has 0 spiro atoms. The second kappa shape index (κ2) is 6.96. The van der Waals surface area contributed by atoms with Crippen molar-refractivity contribution in [3.63, 3.8) is 0 Å². The maximum absolute atomic E-state index is 12.5. The Morgan fingerprint density at radius 3 is 2.87 bits per heavy atom. The number of halogens is 1. The van der Waals surface area contributed by atoms with Crippen molar-refractivity contribution < 1.29 is 9.53 Å². The van der Waals surface area contributed by atoms with Crippen molar-refractivity contribution in [2.75, 3.05) is 18.0 Å². The lowest BCUT2D eigenvalue weighted by Gasteiger charge is -2.31. The Labute approximate surface area is 140 Å². The SMILES string of the molecule is Cc1cc(Cl)ccc1OC(=O)C1CCCN(c2ncccn2)C1. The molecular formula is C17H18ClN3O2. The van der Waals surface area contributed by atoms with E-state index in [-0.39, 0.29) is 11.9 Å². The highest BCUT2D eigenvalue weighted by Gasteiger charge is 2.28. The van der Waals surface area contributed by atoms with E-state index in [1.54, 1.807) is 36.7 Å². The van der Waals surface area contributed by atoms with E-state index in [4.69, 9.17) is 16.3 Å². The molecule has 0 amide bonds. The Morgan fingerprint density at radius 1 is 1.35 bits per heavy atom. The molecule has 3 rings (SSSR count). The summed E-state index contributed by atoms with van der Waals surface area (Å²) in [6.07, 6.45) is 5.15. The molecule has 1 atom stereocenters. The first kappa shape index (κ1) is 15.7. The van der Waals surface area contributed by atoms with E-state index >= 15 is 0 Å². The number of benzene rings is 1. The Bertz CT molecular complexity index is 693. The van der Waals surface area contributed by atoms with Crippen molar-refractivity contribution in [1.82, 2.24) is 9.97 Å². The van der Waals surface area contributed by atoms with Gasteiger partial charge in [-0.05, 0) is 49.6 Å². The van der Waals surface area contributed by atoms with Crippen molar-refractivity contribution in [1.29, 1.82) is 0 Å². The molecule has 1 unspecified atom stereocenters. The van der Waals surface area contributed by atoms with Gasteiger partial charge in [-0.15, -0.1) is 0 Å². The lowest BCUT2D eigenvalue weighted by molar-refractivity contribution is -0.139. The first-order valence-corrected chi connectivity index (χ1v) is 8.01. The quantitative estimate of drug-likeness (QED) is 0.638. The van der Waals surface area contributed by atoms with Gasteiger partial charge in [-0.2, -0.15) is 0 Å². The third-order valence-corrected chi connectivity index (χ3v) is 4.17. The molecular weight excluding hydrogens is 314 g/mol. The van der Waals surface area contributed by atoms with Crippen molar-refractivity contribution in [2.45, 2.75) is 19.8 Å². The van der Waals surface area contributed by atoms with Crippen molar-refractivity contribution in [3.8, 4) is 5.75 Å². The average molecular weight is 332 g/mol. The van der Waals surface area contributed by atoms with Gasteiger partial charge in [0.1, 0.15) is 5.75 Å². The summed E-state index contributed by atoms with van der Waals surface area (Å²) in [5.41, 5.74) is 0.852. The second-order valence-corrected chi connectivity index (χ2v) is 6.10. The predicted octanol–water partition coefficient (Wildman–Crippen LogP) is 3.26. The molecule has 0 bridgehead atoms. The first-order chi connectivity index (χ1) is 11.1. The maximum atomic E-state index is 12.5. The lowest BCUT2D eigenvalue weighted by atomic mass is 9.98. The summed E-state index contributed by atoms with van der Waals surface area (Å²) in [6.45, 7) is 3.31. The summed E-state index contributed by atoms with van der Waals surface area (Å²) >= 11 is 5.93. The third-order valence-electron chi connectivity index (χ3n) is 3.94. The van der Waals surface area contributed by atoms with E-state index in [1.165, 1.54) is 0 Å². The zero-order valence-corrected chi connectivity index (χ0v) is 13.7. The zero-order chi connectivity index (χ0) is 16.2. The molecule has 2 aromatic rings. The number of nitrogens with zero attached hydrogens (tertiary/aromatic N) is 3. The van der Waals surface area contributed by atoms with Gasteiger partial charge in [0.25, 0.3) is 0 Å². The van der Waals surface area contributed by atoms with Gasteiger partial charge < -0.3 is 9.64 Å². The van der Waals surface area contributed by atoms with E-state index in [9.17, 15) is 4.79 Å². The molecule has 1 aliphatic rings. The van der Waals surface area contributed by atoms with Crippen LogP contribution in [0, 0.1) is 12.8 Å². The van der Waals surface area contributed by atoms with Crippen LogP contribution in [0.25, 0.3) is 0 Å². The standard InChI is InChI=1S/C17H18ClN3O2/c1-12-10-14(18)5-6-15(12)23-16(22)13-4-2-9-21(11-13)17-19-7-3-8-20-17/h3,5-8,10,13H,2,4,9,11H2,1H3. The van der Waals surface area contributed by atoms with Crippen LogP contribution in [0.1, 0.15) is 18.4 Å². The van der Waals surface area contributed by atoms with Gasteiger partial charge in [0.05, 0.1) is 5.92 Å². The Hall–Kier alpha value is -2.14. The van der Waals surface area contributed by atoms with Crippen LogP contribution in [0.15, 0.2) is 36.7 Å². The van der Waals surface area contributed by atoms with Gasteiger partial charge in [-0.25, -0.2) is 9.97 Å². The highest BCUT2D eigenvalue weighted by molar-refractivity contribution is 6.30. The number of hydrogen-bond donors (Lipinski definition) is 0. The number of aryl methyl sites for hydroxylation is 1. The zero-order valence-electron chi connectivity index (χ0n) is 12.9. The van der Waals surface area contributed by atoms with Gasteiger partial charge in [0, 0.05) is 30.5 Å². The molecule has 0 radical (unpaired) electrons. The molecule has 1 aromatic heterocycles. The van der Waals surface area contributed by atoms with Crippen molar-refractivity contribution in [2.24, 2.45) is 5.92 Å². The van der Waals surface area contributed by atoms with Crippen molar-refractivity contribution >= 4 is 23.5 Å². The van der Waals surface area contributed by atoms with Crippen LogP contribution in [0.4, 0.5) is 5.95 Å². The highest BCUT2D eigenvalue weighted by Crippen LogP contribution is 2.25. The van der Waals surface area contributed by atoms with E-state index in [1.807, 2.05) is 11.8 Å². The monoisotopic (exact) mass is 331 g/mol. The van der Waals surface area contributed by atoms with Gasteiger partial charge in [0.15, 0.2) is 0 Å². The predicted molar refractivity (Wildman–Crippen MR) is 88.8 cm³/mol. The molecule has 1 aromatic carbocycles. The fourth-order valence-electron chi connectivity index (χ4n) is 2.72. The average Bonchev–Trinajstić information content (AvgIpc) is 2.58. The van der Waals surface area contributed by atoms with Crippen LogP contribution in [0.2, 0.25) is 5.02 Å². The molecule has 5 nitrogen and oxygen atoms in total. The summed E-state index contributed by atoms with van der Waals surface area (Å²) < 4.78 is 5.56. The lowest BCUT2D eigenvalue weighted by Crippen LogP contribution is -2.41. The van der Waals surface area contributed by atoms with Gasteiger partial charge in [-0.1, -0.05) is 11.6 Å². The van der Waals surface area contributed by atoms with E-state index < -0.39 is 0 Å². The molecule has 23 heavy (non-hydrogen) atoms. The number of ether oxygens (including phenoxy) is 1. The number of aromatic nitrogens is 2. The van der Waals surface area contributed by atoms with Gasteiger partial charge in [0.2, 0.25) is 5.95 Å². The van der Waals surface area contributed by atoms with E-state index in [0.29, 0.717) is 23.3 Å². The Balaban J connectivity index is 1.67. The molecule has 120 valence electrons. The van der Waals surface area contributed by atoms with Crippen LogP contribution in [-0.2, 0) is 4.79 Å². The second-order valence-electron chi connectivity index (χ2n) is 5.66. The molecule has 1 saturated heterocycles. The van der Waals surface area contributed by atoms with Crippen LogP contribution >= 0.6 is 11.6 Å². The maximum Gasteiger partial charge on any atom is 0.316 e. The Kier molecular flexibility index (Phi) is 4.76. The highest BCUT2D eigenvalue weighted by atomic mass is 35.5. The molecule has 0 N–H and O–H groups in total. The van der Waals surface area contributed by atoms with Gasteiger partial charge in [-0.3, -0.25) is 4.79 Å². The fraction of sp³-hybridized carbons (Fsp3) is 0.353. The smallest absolute Gasteiger partial charge is 0.316 e. The van der Waals surface area contributed by atoms with Crippen LogP contribution < -0.4 is 9.64 Å². The third kappa shape index (κ3) is 3.79. The number of hydrogen-bond acceptors (Lipinski definition) is 5. The van der Waals surface area contributed by atoms with Crippen LogP contribution in [-0.4, -0.2) is 29.0 Å². The van der Waals surface area contributed by atoms with E-state index in [0.717, 1.165) is 24.9 Å². The van der Waals surface area contributed by atoms with E-state index in [2.05, 4.69) is 9.97 Å². The molecule has 6 heteroatoms. The largest absolute Gasteiger partial charge is 0.426 e. The summed E-state index contributed by atoms with van der Waals surface area (Å²) in [4.78, 5) is 23.0. The molecule has 1 aliphatic heterocycles. The fourth-order valence-corrected chi connectivity index (χ4v) is 2.95. The molecule has 2 heterocycles. The topological polar surface area (TPSA) is 55.3 Å². The first-order valence-electron chi connectivity index (χ1n) is 7.63. The summed E-state index contributed by atoms with van der Waals surface area (Å²) in [6, 6.07) is 7.02. The summed E-state index contributed by atoms with van der Waals surface area (Å²) in [7, 11) is 0.